The molecule has 0 saturated carbocycles. The molecule has 1 aromatic carbocycles. The molecule has 0 aliphatic carbocycles. The Hall–Kier alpha value is -1.56. The summed E-state index contributed by atoms with van der Waals surface area (Å²) in [7, 11) is 0. The molecule has 0 amide bonds. The molecule has 0 spiro atoms. The molecule has 0 radical (unpaired) electrons. The highest BCUT2D eigenvalue weighted by atomic mass is 35.5. The summed E-state index contributed by atoms with van der Waals surface area (Å²) in [6.07, 6.45) is 6.05. The molecule has 26 heavy (non-hydrogen) atoms. The number of carbonyl (C=O) groups excluding carboxylic acids is 1. The van der Waals surface area contributed by atoms with Gasteiger partial charge in [-0.1, -0.05) is 18.2 Å². The van der Waals surface area contributed by atoms with Crippen molar-refractivity contribution >= 4 is 30.8 Å². The van der Waals surface area contributed by atoms with E-state index in [-0.39, 0.29) is 36.7 Å². The molecular weight excluding hydrogens is 373 g/mol. The number of aryl methyl sites for hydroxylation is 1. The average Bonchev–Trinajstić information content (AvgIpc) is 3.02. The van der Waals surface area contributed by atoms with Gasteiger partial charge in [-0.25, -0.2) is 4.98 Å². The van der Waals surface area contributed by atoms with E-state index in [1.54, 1.807) is 0 Å². The van der Waals surface area contributed by atoms with Crippen molar-refractivity contribution in [1.82, 2.24) is 9.55 Å². The van der Waals surface area contributed by atoms with Crippen LogP contribution in [-0.2, 0) is 28.8 Å². The molecule has 0 fully saturated rings. The van der Waals surface area contributed by atoms with Crippen LogP contribution in [0.4, 0.5) is 0 Å². The van der Waals surface area contributed by atoms with Crippen LogP contribution in [0, 0.1) is 5.92 Å². The van der Waals surface area contributed by atoms with Gasteiger partial charge >= 0.3 is 5.97 Å². The van der Waals surface area contributed by atoms with Crippen LogP contribution in [-0.4, -0.2) is 28.7 Å². The third kappa shape index (κ3) is 4.78. The van der Waals surface area contributed by atoms with Gasteiger partial charge in [0.1, 0.15) is 0 Å². The lowest BCUT2D eigenvalue weighted by molar-refractivity contribution is -0.148. The first kappa shape index (κ1) is 22.5. The summed E-state index contributed by atoms with van der Waals surface area (Å²) in [4.78, 5) is 16.9. The van der Waals surface area contributed by atoms with Crippen molar-refractivity contribution in [3.63, 3.8) is 0 Å². The van der Waals surface area contributed by atoms with Gasteiger partial charge in [0.25, 0.3) is 0 Å². The lowest BCUT2D eigenvalue weighted by Gasteiger charge is -2.20. The molecule has 7 heteroatoms. The van der Waals surface area contributed by atoms with Gasteiger partial charge in [0.15, 0.2) is 0 Å². The largest absolute Gasteiger partial charge is 0.466 e. The van der Waals surface area contributed by atoms with E-state index < -0.39 is 0 Å². The van der Waals surface area contributed by atoms with E-state index in [0.29, 0.717) is 19.6 Å². The van der Waals surface area contributed by atoms with E-state index in [4.69, 9.17) is 10.5 Å². The molecule has 0 unspecified atom stereocenters. The Balaban J connectivity index is 0.00000169. The molecule has 2 aromatic rings. The summed E-state index contributed by atoms with van der Waals surface area (Å²) in [5.74, 6) is -0.297. The first-order chi connectivity index (χ1) is 11.7. The van der Waals surface area contributed by atoms with E-state index in [2.05, 4.69) is 33.8 Å². The van der Waals surface area contributed by atoms with Crippen molar-refractivity contribution in [2.24, 2.45) is 11.7 Å². The Kier molecular flexibility index (Phi) is 9.13. The van der Waals surface area contributed by atoms with E-state index >= 15 is 0 Å². The lowest BCUT2D eigenvalue weighted by Crippen LogP contribution is -2.22. The predicted molar refractivity (Wildman–Crippen MR) is 108 cm³/mol. The van der Waals surface area contributed by atoms with Gasteiger partial charge in [0.2, 0.25) is 0 Å². The number of hydrogen-bond acceptors (Lipinski definition) is 4. The Morgan fingerprint density at radius 2 is 2.08 bits per heavy atom. The van der Waals surface area contributed by atoms with Crippen molar-refractivity contribution in [1.29, 1.82) is 0 Å². The average molecular weight is 400 g/mol. The number of imidazole rings is 1. The van der Waals surface area contributed by atoms with Gasteiger partial charge in [-0.2, -0.15) is 0 Å². The minimum absolute atomic E-state index is 0. The summed E-state index contributed by atoms with van der Waals surface area (Å²) >= 11 is 0. The maximum atomic E-state index is 12.2. The lowest BCUT2D eigenvalue weighted by atomic mass is 9.94. The molecule has 0 bridgehead atoms. The normalized spacial score (nSPS) is 12.8. The fourth-order valence-corrected chi connectivity index (χ4v) is 3.42. The highest BCUT2D eigenvalue weighted by Crippen LogP contribution is 2.28. The standard InChI is InChI=1S/C19H25N3O2.2ClH/c1-2-24-19(23)15(7-5-11-20)12-16-18-10-9-14-6-3-4-8-17(14)22(18)13-21-16;;/h3-4,6,8,13,15H,2,5,7,9-12,20H2,1H3;2*1H/t15-;;/m0../s1. The van der Waals surface area contributed by atoms with Gasteiger partial charge in [-0.05, 0) is 50.8 Å². The smallest absolute Gasteiger partial charge is 0.309 e. The van der Waals surface area contributed by atoms with Gasteiger partial charge in [-0.3, -0.25) is 4.79 Å². The fourth-order valence-electron chi connectivity index (χ4n) is 3.42. The number of nitrogens with two attached hydrogens (primary N) is 1. The highest BCUT2D eigenvalue weighted by Gasteiger charge is 2.25. The quantitative estimate of drug-likeness (QED) is 0.725. The third-order valence-electron chi connectivity index (χ3n) is 4.65. The first-order valence-corrected chi connectivity index (χ1v) is 8.74. The van der Waals surface area contributed by atoms with Gasteiger partial charge in [0, 0.05) is 17.8 Å². The molecule has 1 aromatic heterocycles. The number of aromatic nitrogens is 2. The predicted octanol–water partition coefficient (Wildman–Crippen LogP) is 3.28. The molecule has 1 aliphatic rings. The molecule has 2 N–H and O–H groups in total. The molecular formula is C19H27Cl2N3O2. The summed E-state index contributed by atoms with van der Waals surface area (Å²) in [6, 6.07) is 8.42. The van der Waals surface area contributed by atoms with Gasteiger partial charge in [0.05, 0.1) is 24.5 Å². The molecule has 144 valence electrons. The summed E-state index contributed by atoms with van der Waals surface area (Å²) < 4.78 is 7.40. The monoisotopic (exact) mass is 399 g/mol. The number of nitrogens with zero attached hydrogens (tertiary/aromatic N) is 2. The van der Waals surface area contributed by atoms with Gasteiger partial charge < -0.3 is 15.0 Å². The Morgan fingerprint density at radius 1 is 1.31 bits per heavy atom. The van der Waals surface area contributed by atoms with Crippen LogP contribution < -0.4 is 5.73 Å². The van der Waals surface area contributed by atoms with Crippen LogP contribution >= 0.6 is 24.8 Å². The van der Waals surface area contributed by atoms with Gasteiger partial charge in [-0.15, -0.1) is 24.8 Å². The molecule has 3 rings (SSSR count). The zero-order valence-electron chi connectivity index (χ0n) is 15.0. The van der Waals surface area contributed by atoms with E-state index in [9.17, 15) is 4.79 Å². The zero-order chi connectivity index (χ0) is 16.9. The maximum Gasteiger partial charge on any atom is 0.309 e. The van der Waals surface area contributed by atoms with Crippen LogP contribution in [0.5, 0.6) is 0 Å². The number of hydrogen-bond donors (Lipinski definition) is 1. The highest BCUT2D eigenvalue weighted by molar-refractivity contribution is 5.85. The summed E-state index contributed by atoms with van der Waals surface area (Å²) in [6.45, 7) is 2.84. The SMILES string of the molecule is CCOC(=O)[C@@H](CCCN)Cc1ncn2c1CCc1ccccc1-2.Cl.Cl. The summed E-state index contributed by atoms with van der Waals surface area (Å²) in [5, 5.41) is 0. The van der Waals surface area contributed by atoms with Crippen LogP contribution in [0.2, 0.25) is 0 Å². The zero-order valence-corrected chi connectivity index (χ0v) is 16.7. The van der Waals surface area contributed by atoms with Crippen LogP contribution in [0.1, 0.15) is 36.7 Å². The Labute approximate surface area is 167 Å². The van der Waals surface area contributed by atoms with E-state index in [1.807, 2.05) is 13.3 Å². The van der Waals surface area contributed by atoms with Crippen molar-refractivity contribution < 1.29 is 9.53 Å². The number of benzene rings is 1. The van der Waals surface area contributed by atoms with E-state index in [1.165, 1.54) is 16.9 Å². The molecule has 2 heterocycles. The number of esters is 1. The molecule has 1 atom stereocenters. The topological polar surface area (TPSA) is 70.1 Å². The molecule has 1 aliphatic heterocycles. The van der Waals surface area contributed by atoms with Crippen LogP contribution in [0.3, 0.4) is 0 Å². The number of ether oxygens (including phenoxy) is 1. The third-order valence-corrected chi connectivity index (χ3v) is 4.65. The number of rotatable bonds is 7. The number of fused-ring (bicyclic) bond motifs is 3. The fraction of sp³-hybridized carbons (Fsp3) is 0.474. The summed E-state index contributed by atoms with van der Waals surface area (Å²) in [5.41, 5.74) is 10.4. The maximum absolute atomic E-state index is 12.2. The van der Waals surface area contributed by atoms with Crippen molar-refractivity contribution in [2.45, 2.75) is 39.0 Å². The number of carbonyl (C=O) groups is 1. The van der Waals surface area contributed by atoms with Crippen molar-refractivity contribution in [3.8, 4) is 5.69 Å². The minimum atomic E-state index is -0.162. The first-order valence-electron chi connectivity index (χ1n) is 8.74. The van der Waals surface area contributed by atoms with Crippen LogP contribution in [0.15, 0.2) is 30.6 Å². The van der Waals surface area contributed by atoms with Crippen LogP contribution in [0.25, 0.3) is 5.69 Å². The second-order valence-corrected chi connectivity index (χ2v) is 6.22. The number of halogens is 2. The number of para-hydroxylation sites is 1. The van der Waals surface area contributed by atoms with E-state index in [0.717, 1.165) is 31.4 Å². The van der Waals surface area contributed by atoms with Crippen molar-refractivity contribution in [3.05, 3.63) is 47.5 Å². The Bertz CT molecular complexity index is 719. The second kappa shape index (κ2) is 10.6. The second-order valence-electron chi connectivity index (χ2n) is 6.22. The Morgan fingerprint density at radius 3 is 2.81 bits per heavy atom. The minimum Gasteiger partial charge on any atom is -0.466 e. The molecule has 0 saturated heterocycles. The molecule has 5 nitrogen and oxygen atoms in total. The van der Waals surface area contributed by atoms with Crippen molar-refractivity contribution in [2.75, 3.05) is 13.2 Å².